The summed E-state index contributed by atoms with van der Waals surface area (Å²) < 4.78 is 7.67. The lowest BCUT2D eigenvalue weighted by atomic mass is 10.0. The Balaban J connectivity index is 1.33. The van der Waals surface area contributed by atoms with E-state index in [4.69, 9.17) is 9.72 Å². The Morgan fingerprint density at radius 2 is 2.03 bits per heavy atom. The molecule has 1 amide bonds. The van der Waals surface area contributed by atoms with Crippen molar-refractivity contribution < 1.29 is 19.4 Å². The zero-order valence-electron chi connectivity index (χ0n) is 21.4. The van der Waals surface area contributed by atoms with E-state index in [2.05, 4.69) is 21.5 Å². The highest BCUT2D eigenvalue weighted by molar-refractivity contribution is 5.93. The quantitative estimate of drug-likeness (QED) is 0.348. The Labute approximate surface area is 220 Å². The van der Waals surface area contributed by atoms with E-state index in [0.717, 1.165) is 47.4 Å². The molecule has 3 aromatic heterocycles. The minimum Gasteiger partial charge on any atom is -0.493 e. The predicted octanol–water partition coefficient (Wildman–Crippen LogP) is 3.57. The van der Waals surface area contributed by atoms with Crippen LogP contribution in [0.5, 0.6) is 5.75 Å². The van der Waals surface area contributed by atoms with Gasteiger partial charge in [0.2, 0.25) is 0 Å². The molecule has 1 aliphatic rings. The van der Waals surface area contributed by atoms with Crippen molar-refractivity contribution in [3.63, 3.8) is 0 Å². The number of pyridine rings is 2. The Hall–Kier alpha value is -4.47. The fraction of sp³-hybridized carbons (Fsp3) is 0.321. The maximum atomic E-state index is 12.4. The summed E-state index contributed by atoms with van der Waals surface area (Å²) >= 11 is 0. The highest BCUT2D eigenvalue weighted by atomic mass is 16.5. The molecule has 10 heteroatoms. The number of nitrogens with zero attached hydrogens (tertiary/aromatic N) is 5. The largest absolute Gasteiger partial charge is 0.493 e. The van der Waals surface area contributed by atoms with Crippen molar-refractivity contribution in [2.24, 2.45) is 0 Å². The van der Waals surface area contributed by atoms with Gasteiger partial charge in [-0.15, -0.1) is 0 Å². The summed E-state index contributed by atoms with van der Waals surface area (Å²) in [6.45, 7) is 1.48. The summed E-state index contributed by atoms with van der Waals surface area (Å²) in [7, 11) is 3.32. The van der Waals surface area contributed by atoms with Gasteiger partial charge in [-0.25, -0.2) is 0 Å². The van der Waals surface area contributed by atoms with Crippen molar-refractivity contribution in [3.05, 3.63) is 77.5 Å². The summed E-state index contributed by atoms with van der Waals surface area (Å²) in [5.74, 6) is -0.482. The standard InChI is InChI=1S/C28H30N6O4/c1-33(2)28(37)20-12-18(15-29-16-20)26(14-27(35)36)34-25-8-6-22(13-19(25)17-31-34)38-11-9-21-5-7-23-24(32-21)4-3-10-30-23/h5-8,12-13,15-17,26,30H,3-4,9-11,14H2,1-2H3,(H,35,36). The van der Waals surface area contributed by atoms with Crippen molar-refractivity contribution in [2.45, 2.75) is 31.7 Å². The molecule has 2 N–H and O–H groups in total. The van der Waals surface area contributed by atoms with Gasteiger partial charge >= 0.3 is 5.97 Å². The Morgan fingerprint density at radius 1 is 1.16 bits per heavy atom. The van der Waals surface area contributed by atoms with Crippen LogP contribution in [-0.2, 0) is 17.6 Å². The Kier molecular flexibility index (Phi) is 7.21. The average molecular weight is 515 g/mol. The third-order valence-electron chi connectivity index (χ3n) is 6.59. The number of hydrogen-bond donors (Lipinski definition) is 2. The topological polar surface area (TPSA) is 122 Å². The number of hydrogen-bond acceptors (Lipinski definition) is 7. The highest BCUT2D eigenvalue weighted by Gasteiger charge is 2.23. The lowest BCUT2D eigenvalue weighted by Gasteiger charge is -2.19. The van der Waals surface area contributed by atoms with Crippen LogP contribution in [0, 0.1) is 0 Å². The Bertz CT molecular complexity index is 1480. The second-order valence-electron chi connectivity index (χ2n) is 9.56. The molecule has 0 spiro atoms. The second-order valence-corrected chi connectivity index (χ2v) is 9.56. The average Bonchev–Trinajstić information content (AvgIpc) is 3.34. The first-order valence-corrected chi connectivity index (χ1v) is 12.6. The molecule has 196 valence electrons. The number of carbonyl (C=O) groups is 2. The zero-order valence-corrected chi connectivity index (χ0v) is 21.4. The van der Waals surface area contributed by atoms with Gasteiger partial charge in [0.15, 0.2) is 0 Å². The number of amides is 1. The number of ether oxygens (including phenoxy) is 1. The van der Waals surface area contributed by atoms with E-state index in [-0.39, 0.29) is 12.3 Å². The van der Waals surface area contributed by atoms with Crippen LogP contribution in [0.25, 0.3) is 10.9 Å². The summed E-state index contributed by atoms with van der Waals surface area (Å²) in [4.78, 5) is 34.6. The maximum Gasteiger partial charge on any atom is 0.305 e. The van der Waals surface area contributed by atoms with Gasteiger partial charge in [-0.05, 0) is 54.8 Å². The van der Waals surface area contributed by atoms with Gasteiger partial charge in [-0.1, -0.05) is 0 Å². The van der Waals surface area contributed by atoms with E-state index in [1.807, 2.05) is 24.3 Å². The van der Waals surface area contributed by atoms with E-state index < -0.39 is 12.0 Å². The number of rotatable bonds is 9. The molecule has 0 saturated carbocycles. The second kappa shape index (κ2) is 10.9. The fourth-order valence-corrected chi connectivity index (χ4v) is 4.69. The van der Waals surface area contributed by atoms with Crippen LogP contribution in [0.3, 0.4) is 0 Å². The molecule has 4 aromatic rings. The number of nitrogens with one attached hydrogen (secondary N) is 1. The highest BCUT2D eigenvalue weighted by Crippen LogP contribution is 2.29. The Morgan fingerprint density at radius 3 is 2.84 bits per heavy atom. The molecule has 1 aromatic carbocycles. The molecule has 4 heterocycles. The minimum absolute atomic E-state index is 0.206. The molecule has 10 nitrogen and oxygen atoms in total. The van der Waals surface area contributed by atoms with Crippen molar-refractivity contribution in [3.8, 4) is 5.75 Å². The van der Waals surface area contributed by atoms with Gasteiger partial charge in [0.1, 0.15) is 5.75 Å². The van der Waals surface area contributed by atoms with Crippen LogP contribution in [-0.4, -0.2) is 68.9 Å². The number of carboxylic acid groups (broad SMARTS) is 1. The molecule has 38 heavy (non-hydrogen) atoms. The fourth-order valence-electron chi connectivity index (χ4n) is 4.69. The number of anilines is 1. The van der Waals surface area contributed by atoms with Crippen LogP contribution in [0.15, 0.2) is 55.0 Å². The van der Waals surface area contributed by atoms with Gasteiger partial charge in [0.05, 0.1) is 47.7 Å². The van der Waals surface area contributed by atoms with E-state index in [1.165, 1.54) is 11.1 Å². The third kappa shape index (κ3) is 5.44. The lowest BCUT2D eigenvalue weighted by molar-refractivity contribution is -0.137. The smallest absolute Gasteiger partial charge is 0.305 e. The van der Waals surface area contributed by atoms with Crippen LogP contribution < -0.4 is 10.1 Å². The SMILES string of the molecule is CN(C)C(=O)c1cncc(C(CC(=O)O)n2ncc3cc(OCCc4ccc5c(n4)CCCN5)ccc32)c1. The van der Waals surface area contributed by atoms with Gasteiger partial charge in [0.25, 0.3) is 5.91 Å². The first-order chi connectivity index (χ1) is 18.4. The maximum absolute atomic E-state index is 12.4. The van der Waals surface area contributed by atoms with Crippen LogP contribution in [0.2, 0.25) is 0 Å². The molecule has 1 aliphatic heterocycles. The predicted molar refractivity (Wildman–Crippen MR) is 143 cm³/mol. The third-order valence-corrected chi connectivity index (χ3v) is 6.59. The number of aromatic nitrogens is 4. The molecular formula is C28H30N6O4. The van der Waals surface area contributed by atoms with E-state index >= 15 is 0 Å². The van der Waals surface area contributed by atoms with E-state index in [1.54, 1.807) is 37.2 Å². The summed E-state index contributed by atoms with van der Waals surface area (Å²) in [5, 5.41) is 18.3. The van der Waals surface area contributed by atoms with E-state index in [9.17, 15) is 14.7 Å². The van der Waals surface area contributed by atoms with Crippen LogP contribution in [0.1, 0.15) is 46.2 Å². The monoisotopic (exact) mass is 514 g/mol. The lowest BCUT2D eigenvalue weighted by Crippen LogP contribution is -2.23. The van der Waals surface area contributed by atoms with E-state index in [0.29, 0.717) is 29.9 Å². The van der Waals surface area contributed by atoms with Gasteiger partial charge in [-0.2, -0.15) is 5.10 Å². The first kappa shape index (κ1) is 25.2. The van der Waals surface area contributed by atoms with Crippen molar-refractivity contribution in [1.29, 1.82) is 0 Å². The van der Waals surface area contributed by atoms with Gasteiger partial charge < -0.3 is 20.1 Å². The van der Waals surface area contributed by atoms with Gasteiger partial charge in [-0.3, -0.25) is 24.2 Å². The number of carboxylic acids is 1. The molecule has 1 atom stereocenters. The van der Waals surface area contributed by atoms with Crippen LogP contribution in [0.4, 0.5) is 5.69 Å². The molecule has 1 unspecified atom stereocenters. The number of aliphatic carboxylic acids is 1. The molecule has 0 fully saturated rings. The van der Waals surface area contributed by atoms with Crippen LogP contribution >= 0.6 is 0 Å². The molecule has 0 bridgehead atoms. The minimum atomic E-state index is -0.977. The number of fused-ring (bicyclic) bond motifs is 2. The zero-order chi connectivity index (χ0) is 26.6. The van der Waals surface area contributed by atoms with Crippen molar-refractivity contribution >= 4 is 28.5 Å². The molecule has 5 rings (SSSR count). The molecule has 0 radical (unpaired) electrons. The normalized spacial score (nSPS) is 13.4. The number of benzene rings is 1. The van der Waals surface area contributed by atoms with Gasteiger partial charge in [0, 0.05) is 50.5 Å². The summed E-state index contributed by atoms with van der Waals surface area (Å²) in [5.41, 5.74) is 4.98. The number of carbonyl (C=O) groups excluding carboxylic acids is 1. The number of aryl methyl sites for hydroxylation is 1. The first-order valence-electron chi connectivity index (χ1n) is 12.6. The molecule has 0 saturated heterocycles. The summed E-state index contributed by atoms with van der Waals surface area (Å²) in [6, 6.07) is 10.8. The van der Waals surface area contributed by atoms with Crippen molar-refractivity contribution in [1.82, 2.24) is 24.6 Å². The molecule has 0 aliphatic carbocycles. The molecular weight excluding hydrogens is 484 g/mol. The summed E-state index contributed by atoms with van der Waals surface area (Å²) in [6.07, 6.45) is 7.32. The van der Waals surface area contributed by atoms with Crippen molar-refractivity contribution in [2.75, 3.05) is 32.6 Å².